The summed E-state index contributed by atoms with van der Waals surface area (Å²) in [6.45, 7) is 4.40. The van der Waals surface area contributed by atoms with E-state index < -0.39 is 57.8 Å². The molecule has 0 aliphatic carbocycles. The molecular weight excluding hydrogens is 952 g/mol. The van der Waals surface area contributed by atoms with E-state index in [1.54, 1.807) is 0 Å². The molecule has 0 fully saturated rings. The van der Waals surface area contributed by atoms with E-state index in [1.807, 2.05) is 0 Å². The standard InChI is InChI=1S/C62H109O11P/c1-4-7-10-13-16-19-22-25-27-29-31-34-37-40-43-46-49-52-61(65)72-58(54-63)56-70-74(67,68)71-57-59(55-69-60(64)51-48-45-42-39-36-33-24-21-18-15-12-9-6-3)73-62(66)53-50-47-44-41-38-35-32-30-28-26-23-20-17-14-11-8-5-2/h8-9,11-12,17-18,20-21,26,28,33,36,58-59,63H,4-7,10,13-16,19,22-25,27,29-32,34-35,37-57H2,1-3H3,(H,67,68)/b11-8-,12-9-,20-17-,21-18-,28-26-,36-33-. The molecule has 0 amide bonds. The van der Waals surface area contributed by atoms with Crippen LogP contribution in [0.5, 0.6) is 0 Å². The van der Waals surface area contributed by atoms with Crippen LogP contribution in [0.4, 0.5) is 0 Å². The van der Waals surface area contributed by atoms with Gasteiger partial charge < -0.3 is 24.2 Å². The molecule has 428 valence electrons. The molecule has 0 heterocycles. The van der Waals surface area contributed by atoms with Gasteiger partial charge in [0.2, 0.25) is 0 Å². The Balaban J connectivity index is 4.70. The molecule has 11 nitrogen and oxygen atoms in total. The van der Waals surface area contributed by atoms with Gasteiger partial charge in [-0.1, -0.05) is 235 Å². The molecule has 0 radical (unpaired) electrons. The molecule has 0 saturated heterocycles. The number of phosphoric ester groups is 1. The summed E-state index contributed by atoms with van der Waals surface area (Å²) in [6, 6.07) is 0. The maximum atomic E-state index is 12.9. The highest BCUT2D eigenvalue weighted by Gasteiger charge is 2.28. The largest absolute Gasteiger partial charge is 0.472 e. The number of ether oxygens (including phenoxy) is 3. The highest BCUT2D eigenvalue weighted by Crippen LogP contribution is 2.43. The van der Waals surface area contributed by atoms with E-state index >= 15 is 0 Å². The van der Waals surface area contributed by atoms with E-state index in [-0.39, 0.29) is 25.9 Å². The van der Waals surface area contributed by atoms with Crippen molar-refractivity contribution in [3.63, 3.8) is 0 Å². The van der Waals surface area contributed by atoms with Gasteiger partial charge in [0.1, 0.15) is 12.7 Å². The average Bonchev–Trinajstić information content (AvgIpc) is 3.39. The molecule has 0 aromatic rings. The quantitative estimate of drug-likeness (QED) is 0.0197. The average molecular weight is 1060 g/mol. The first-order valence-corrected chi connectivity index (χ1v) is 31.3. The van der Waals surface area contributed by atoms with E-state index in [0.29, 0.717) is 19.3 Å². The summed E-state index contributed by atoms with van der Waals surface area (Å²) in [5.41, 5.74) is 0. The van der Waals surface area contributed by atoms with Gasteiger partial charge in [-0.3, -0.25) is 23.4 Å². The third-order valence-corrected chi connectivity index (χ3v) is 13.6. The van der Waals surface area contributed by atoms with Crippen molar-refractivity contribution in [2.75, 3.05) is 26.4 Å². The zero-order valence-corrected chi connectivity index (χ0v) is 48.2. The summed E-state index contributed by atoms with van der Waals surface area (Å²) in [6.07, 6.45) is 62.9. The molecule has 0 aliphatic heterocycles. The highest BCUT2D eigenvalue weighted by atomic mass is 31.2. The molecule has 12 heteroatoms. The molecule has 0 bridgehead atoms. The minimum atomic E-state index is -4.76. The van der Waals surface area contributed by atoms with Gasteiger partial charge in [-0.25, -0.2) is 4.57 Å². The van der Waals surface area contributed by atoms with Crippen LogP contribution in [-0.2, 0) is 42.2 Å². The van der Waals surface area contributed by atoms with Crippen molar-refractivity contribution >= 4 is 25.7 Å². The number of unbranched alkanes of at least 4 members (excludes halogenated alkanes) is 26. The third-order valence-electron chi connectivity index (χ3n) is 12.6. The van der Waals surface area contributed by atoms with Gasteiger partial charge in [-0.2, -0.15) is 0 Å². The van der Waals surface area contributed by atoms with Crippen LogP contribution >= 0.6 is 7.82 Å². The Morgan fingerprint density at radius 1 is 0.392 bits per heavy atom. The molecular formula is C62H109O11P. The fourth-order valence-corrected chi connectivity index (χ4v) is 8.93. The third kappa shape index (κ3) is 53.7. The lowest BCUT2D eigenvalue weighted by atomic mass is 10.0. The van der Waals surface area contributed by atoms with Gasteiger partial charge in [-0.15, -0.1) is 0 Å². The van der Waals surface area contributed by atoms with Crippen molar-refractivity contribution in [3.05, 3.63) is 72.9 Å². The summed E-state index contributed by atoms with van der Waals surface area (Å²) in [4.78, 5) is 48.6. The van der Waals surface area contributed by atoms with Crippen molar-refractivity contribution in [3.8, 4) is 0 Å². The molecule has 0 spiro atoms. The molecule has 3 unspecified atom stereocenters. The Labute approximate surface area is 452 Å². The molecule has 0 saturated carbocycles. The second-order valence-corrected chi connectivity index (χ2v) is 21.2. The van der Waals surface area contributed by atoms with Gasteiger partial charge in [0, 0.05) is 19.3 Å². The molecule has 3 atom stereocenters. The molecule has 74 heavy (non-hydrogen) atoms. The van der Waals surface area contributed by atoms with Gasteiger partial charge in [-0.05, 0) is 83.5 Å². The Morgan fingerprint density at radius 2 is 0.703 bits per heavy atom. The normalized spacial score (nSPS) is 13.9. The van der Waals surface area contributed by atoms with Crippen LogP contribution in [0, 0.1) is 0 Å². The summed E-state index contributed by atoms with van der Waals surface area (Å²) >= 11 is 0. The van der Waals surface area contributed by atoms with Crippen molar-refractivity contribution in [2.45, 2.75) is 277 Å². The lowest BCUT2D eigenvalue weighted by molar-refractivity contribution is -0.161. The number of carbonyl (C=O) groups excluding carboxylic acids is 3. The van der Waals surface area contributed by atoms with Gasteiger partial charge >= 0.3 is 25.7 Å². The maximum Gasteiger partial charge on any atom is 0.472 e. The van der Waals surface area contributed by atoms with Crippen LogP contribution in [0.2, 0.25) is 0 Å². The van der Waals surface area contributed by atoms with E-state index in [0.717, 1.165) is 116 Å². The highest BCUT2D eigenvalue weighted by molar-refractivity contribution is 7.47. The summed E-state index contributed by atoms with van der Waals surface area (Å²) in [5.74, 6) is -1.50. The SMILES string of the molecule is CC/C=C\C/C=C\C/C=C\CCCCCCCCCC(=O)OC(COC(=O)CCCCC/C=C\C/C=C\C/C=C\CC)COP(=O)(O)OCC(CO)OC(=O)CCCCCCCCCCCCCCCCCCC. The zero-order chi connectivity index (χ0) is 54.1. The molecule has 0 aromatic carbocycles. The van der Waals surface area contributed by atoms with Crippen LogP contribution in [-0.4, -0.2) is 66.5 Å². The van der Waals surface area contributed by atoms with Crippen LogP contribution in [0.1, 0.15) is 265 Å². The molecule has 0 aliphatic rings. The molecule has 0 aromatic heterocycles. The lowest BCUT2D eigenvalue weighted by Crippen LogP contribution is -2.30. The zero-order valence-electron chi connectivity index (χ0n) is 47.3. The van der Waals surface area contributed by atoms with Gasteiger partial charge in [0.05, 0.1) is 19.8 Å². The van der Waals surface area contributed by atoms with Crippen LogP contribution in [0.25, 0.3) is 0 Å². The first-order valence-electron chi connectivity index (χ1n) is 29.8. The fourth-order valence-electron chi connectivity index (χ4n) is 8.15. The first kappa shape index (κ1) is 70.9. The Hall–Kier alpha value is -3.08. The maximum absolute atomic E-state index is 12.9. The fraction of sp³-hybridized carbons (Fsp3) is 0.758. The number of esters is 3. The van der Waals surface area contributed by atoms with Crippen LogP contribution in [0.3, 0.4) is 0 Å². The number of hydrogen-bond donors (Lipinski definition) is 2. The second kappa shape index (κ2) is 56.1. The predicted molar refractivity (Wildman–Crippen MR) is 307 cm³/mol. The van der Waals surface area contributed by atoms with Crippen LogP contribution < -0.4 is 0 Å². The number of allylic oxidation sites excluding steroid dienone is 12. The number of aliphatic hydroxyl groups is 1. The van der Waals surface area contributed by atoms with Gasteiger partial charge in [0.25, 0.3) is 0 Å². The van der Waals surface area contributed by atoms with E-state index in [1.165, 1.54) is 89.9 Å². The summed E-state index contributed by atoms with van der Waals surface area (Å²) in [7, 11) is -4.76. The van der Waals surface area contributed by atoms with Crippen molar-refractivity contribution in [2.24, 2.45) is 0 Å². The van der Waals surface area contributed by atoms with E-state index in [9.17, 15) is 28.9 Å². The number of rotatable bonds is 55. The minimum absolute atomic E-state index is 0.149. The molecule has 2 N–H and O–H groups in total. The number of phosphoric acid groups is 1. The Morgan fingerprint density at radius 3 is 1.09 bits per heavy atom. The summed E-state index contributed by atoms with van der Waals surface area (Å²) in [5, 5.41) is 9.83. The Kier molecular flexibility index (Phi) is 53.8. The number of carbonyl (C=O) groups is 3. The Bertz CT molecular complexity index is 1520. The van der Waals surface area contributed by atoms with E-state index in [4.69, 9.17) is 23.3 Å². The van der Waals surface area contributed by atoms with E-state index in [2.05, 4.69) is 93.7 Å². The minimum Gasteiger partial charge on any atom is -0.462 e. The number of aliphatic hydroxyl groups excluding tert-OH is 1. The lowest BCUT2D eigenvalue weighted by Gasteiger charge is -2.21. The smallest absolute Gasteiger partial charge is 0.462 e. The number of hydrogen-bond acceptors (Lipinski definition) is 10. The first-order chi connectivity index (χ1) is 36.2. The summed E-state index contributed by atoms with van der Waals surface area (Å²) < 4.78 is 39.5. The monoisotopic (exact) mass is 1060 g/mol. The van der Waals surface area contributed by atoms with Crippen molar-refractivity contribution in [1.29, 1.82) is 0 Å². The van der Waals surface area contributed by atoms with Crippen molar-refractivity contribution in [1.82, 2.24) is 0 Å². The second-order valence-electron chi connectivity index (χ2n) is 19.8. The predicted octanol–water partition coefficient (Wildman–Crippen LogP) is 17.7. The molecule has 0 rings (SSSR count). The van der Waals surface area contributed by atoms with Crippen molar-refractivity contribution < 1.29 is 52.2 Å². The topological polar surface area (TPSA) is 155 Å². The van der Waals surface area contributed by atoms with Crippen LogP contribution in [0.15, 0.2) is 72.9 Å². The van der Waals surface area contributed by atoms with Gasteiger partial charge in [0.15, 0.2) is 6.10 Å².